The molecule has 3 aliphatic heterocycles. The summed E-state index contributed by atoms with van der Waals surface area (Å²) in [5.41, 5.74) is 5.35. The van der Waals surface area contributed by atoms with Gasteiger partial charge in [0.15, 0.2) is 17.7 Å². The minimum atomic E-state index is -1.33. The smallest absolute Gasteiger partial charge is 0.337 e. The number of halogens is 1. The van der Waals surface area contributed by atoms with Gasteiger partial charge in [0.1, 0.15) is 0 Å². The molecule has 248 valence electrons. The van der Waals surface area contributed by atoms with Gasteiger partial charge in [-0.1, -0.05) is 6.07 Å². The van der Waals surface area contributed by atoms with E-state index in [1.54, 1.807) is 49.9 Å². The highest BCUT2D eigenvalue weighted by atomic mass is 19.1. The molecule has 0 spiro atoms. The number of carbonyl (C=O) groups is 3. The number of fused-ring (bicyclic) bond motifs is 2. The van der Waals surface area contributed by atoms with E-state index >= 15 is 4.39 Å². The van der Waals surface area contributed by atoms with Crippen molar-refractivity contribution in [2.75, 3.05) is 31.1 Å². The number of hydrogen-bond acceptors (Lipinski definition) is 5. The molecular weight excluding hydrogens is 599 g/mol. The third-order valence-electron chi connectivity index (χ3n) is 9.44. The Bertz CT molecular complexity index is 1750. The Labute approximate surface area is 275 Å². The van der Waals surface area contributed by atoms with Crippen LogP contribution in [0.5, 0.6) is 5.75 Å². The van der Waals surface area contributed by atoms with Gasteiger partial charge in [0.25, 0.3) is 11.8 Å². The van der Waals surface area contributed by atoms with Gasteiger partial charge in [-0.25, -0.2) is 9.18 Å². The highest BCUT2D eigenvalue weighted by Gasteiger charge is 2.37. The molecule has 0 aliphatic carbocycles. The van der Waals surface area contributed by atoms with Crippen molar-refractivity contribution in [2.24, 2.45) is 0 Å². The fraction of sp³-hybridized carbons (Fsp3) is 0.447. The first-order valence-electron chi connectivity index (χ1n) is 16.6. The van der Waals surface area contributed by atoms with Gasteiger partial charge in [0.2, 0.25) is 0 Å². The van der Waals surface area contributed by atoms with Crippen LogP contribution in [0.25, 0.3) is 11.1 Å². The normalized spacial score (nSPS) is 16.7. The first kappa shape index (κ1) is 32.7. The van der Waals surface area contributed by atoms with E-state index in [1.165, 1.54) is 6.07 Å². The number of carboxylic acids is 1. The summed E-state index contributed by atoms with van der Waals surface area (Å²) in [5, 5.41) is 10.5. The number of ether oxygens (including phenoxy) is 2. The lowest BCUT2D eigenvalue weighted by Crippen LogP contribution is -2.36. The number of benzene rings is 3. The van der Waals surface area contributed by atoms with Crippen LogP contribution in [0.3, 0.4) is 0 Å². The average Bonchev–Trinajstić information content (AvgIpc) is 3.47. The zero-order chi connectivity index (χ0) is 33.6. The fourth-order valence-electron chi connectivity index (χ4n) is 7.28. The summed E-state index contributed by atoms with van der Waals surface area (Å²) in [4.78, 5) is 43.8. The third kappa shape index (κ3) is 6.25. The zero-order valence-electron chi connectivity index (χ0n) is 27.9. The van der Waals surface area contributed by atoms with Gasteiger partial charge in [0, 0.05) is 47.6 Å². The molecule has 2 amide bonds. The lowest BCUT2D eigenvalue weighted by Gasteiger charge is -2.30. The Morgan fingerprint density at radius 3 is 2.30 bits per heavy atom. The molecule has 0 unspecified atom stereocenters. The summed E-state index contributed by atoms with van der Waals surface area (Å²) >= 11 is 0. The number of aryl methyl sites for hydroxylation is 1. The van der Waals surface area contributed by atoms with Crippen LogP contribution in [0.1, 0.15) is 101 Å². The van der Waals surface area contributed by atoms with Gasteiger partial charge >= 0.3 is 5.97 Å². The van der Waals surface area contributed by atoms with Gasteiger partial charge in [-0.3, -0.25) is 9.59 Å². The Balaban J connectivity index is 1.48. The molecule has 1 atom stereocenters. The number of hydrogen-bond donors (Lipinski definition) is 1. The van der Waals surface area contributed by atoms with Crippen LogP contribution in [0.2, 0.25) is 0 Å². The monoisotopic (exact) mass is 642 g/mol. The van der Waals surface area contributed by atoms with E-state index in [-0.39, 0.29) is 17.6 Å². The van der Waals surface area contributed by atoms with Crippen molar-refractivity contribution in [1.29, 1.82) is 0 Å². The molecule has 0 aromatic heterocycles. The third-order valence-corrected chi connectivity index (χ3v) is 9.44. The number of rotatable bonds is 6. The zero-order valence-corrected chi connectivity index (χ0v) is 27.9. The maximum absolute atomic E-state index is 15.7. The van der Waals surface area contributed by atoms with E-state index in [9.17, 15) is 19.5 Å². The molecule has 47 heavy (non-hydrogen) atoms. The van der Waals surface area contributed by atoms with Gasteiger partial charge in [0.05, 0.1) is 12.2 Å². The van der Waals surface area contributed by atoms with Crippen LogP contribution >= 0.6 is 0 Å². The number of nitrogens with zero attached hydrogens (tertiary/aromatic N) is 2. The summed E-state index contributed by atoms with van der Waals surface area (Å²) < 4.78 is 27.6. The predicted octanol–water partition coefficient (Wildman–Crippen LogP) is 7.20. The van der Waals surface area contributed by atoms with E-state index in [0.29, 0.717) is 78.2 Å². The number of piperidine rings is 1. The van der Waals surface area contributed by atoms with Crippen LogP contribution in [0, 0.1) is 19.7 Å². The van der Waals surface area contributed by atoms with Crippen LogP contribution in [-0.4, -0.2) is 59.6 Å². The lowest BCUT2D eigenvalue weighted by atomic mass is 9.83. The van der Waals surface area contributed by atoms with E-state index in [4.69, 9.17) is 9.47 Å². The number of carbonyl (C=O) groups excluding carboxylic acids is 2. The molecule has 1 fully saturated rings. The maximum atomic E-state index is 15.7. The first-order valence-corrected chi connectivity index (χ1v) is 16.6. The summed E-state index contributed by atoms with van der Waals surface area (Å²) in [5.74, 6) is -1.72. The van der Waals surface area contributed by atoms with Crippen molar-refractivity contribution < 1.29 is 33.4 Å². The van der Waals surface area contributed by atoms with Crippen LogP contribution in [0.4, 0.5) is 10.1 Å². The molecule has 0 saturated carbocycles. The van der Waals surface area contributed by atoms with Crippen molar-refractivity contribution in [2.45, 2.75) is 84.8 Å². The maximum Gasteiger partial charge on any atom is 0.337 e. The Morgan fingerprint density at radius 2 is 1.62 bits per heavy atom. The molecule has 0 bridgehead atoms. The molecule has 1 N–H and O–H groups in total. The largest absolute Gasteiger partial charge is 0.490 e. The summed E-state index contributed by atoms with van der Waals surface area (Å²) in [6.07, 6.45) is 3.57. The first-order chi connectivity index (χ1) is 22.4. The number of carboxylic acid groups (broad SMARTS) is 1. The standard InChI is InChI=1S/C38H43FN2O6/c1-22-19-30-27(14-17-41(30)36(43)25-12-9-11-24(20-25)35(42)40-15-7-6-8-16-40)32(31(22)34(37(44)45)47-38(3,4)5)28-21-29(39)33-26(23(28)2)13-10-18-46-33/h9,11-12,19-21,34H,6-8,10,13-18H2,1-5H3,(H,44,45)/t34-/m0/s1. The molecule has 1 saturated heterocycles. The fourth-order valence-corrected chi connectivity index (χ4v) is 7.28. The van der Waals surface area contributed by atoms with Crippen molar-refractivity contribution in [3.05, 3.63) is 81.2 Å². The van der Waals surface area contributed by atoms with Gasteiger partial charge in [-0.05, 0) is 131 Å². The van der Waals surface area contributed by atoms with Crippen molar-refractivity contribution in [1.82, 2.24) is 4.90 Å². The van der Waals surface area contributed by atoms with E-state index < -0.39 is 23.5 Å². The predicted molar refractivity (Wildman–Crippen MR) is 178 cm³/mol. The number of anilines is 1. The minimum absolute atomic E-state index is 0.0728. The molecule has 3 aliphatic rings. The number of likely N-dealkylation sites (tertiary alicyclic amines) is 1. The van der Waals surface area contributed by atoms with E-state index in [2.05, 4.69) is 0 Å². The van der Waals surface area contributed by atoms with Crippen LogP contribution in [-0.2, 0) is 22.4 Å². The molecule has 3 heterocycles. The molecule has 6 rings (SSSR count). The summed E-state index contributed by atoms with van der Waals surface area (Å²) in [6, 6.07) is 10.2. The van der Waals surface area contributed by atoms with E-state index in [0.717, 1.165) is 42.4 Å². The van der Waals surface area contributed by atoms with Gasteiger partial charge in [-0.15, -0.1) is 0 Å². The molecule has 0 radical (unpaired) electrons. The van der Waals surface area contributed by atoms with Crippen molar-refractivity contribution in [3.63, 3.8) is 0 Å². The summed E-state index contributed by atoms with van der Waals surface area (Å²) in [7, 11) is 0. The Hall–Kier alpha value is -4.24. The topological polar surface area (TPSA) is 96.4 Å². The second kappa shape index (κ2) is 12.8. The second-order valence-electron chi connectivity index (χ2n) is 13.9. The average molecular weight is 643 g/mol. The SMILES string of the molecule is Cc1cc2c(c(-c3cc(F)c4c(c3C)CCCO4)c1[C@H](OC(C)(C)C)C(=O)O)CCN2C(=O)c1cccc(C(=O)N2CCCCC2)c1. The van der Waals surface area contributed by atoms with Crippen LogP contribution < -0.4 is 9.64 Å². The molecule has 9 heteroatoms. The van der Waals surface area contributed by atoms with Crippen molar-refractivity contribution in [3.8, 4) is 16.9 Å². The minimum Gasteiger partial charge on any atom is -0.490 e. The van der Waals surface area contributed by atoms with E-state index in [1.807, 2.05) is 24.8 Å². The summed E-state index contributed by atoms with van der Waals surface area (Å²) in [6.45, 7) is 11.4. The van der Waals surface area contributed by atoms with Gasteiger partial charge < -0.3 is 24.4 Å². The molecule has 3 aromatic rings. The lowest BCUT2D eigenvalue weighted by molar-refractivity contribution is -0.160. The van der Waals surface area contributed by atoms with Crippen molar-refractivity contribution >= 4 is 23.5 Å². The second-order valence-corrected chi connectivity index (χ2v) is 13.9. The van der Waals surface area contributed by atoms with Crippen LogP contribution in [0.15, 0.2) is 36.4 Å². The number of amides is 2. The Morgan fingerprint density at radius 1 is 0.915 bits per heavy atom. The highest BCUT2D eigenvalue weighted by molar-refractivity contribution is 6.09. The Kier molecular flexibility index (Phi) is 8.87. The molecular formula is C38H43FN2O6. The van der Waals surface area contributed by atoms with Gasteiger partial charge in [-0.2, -0.15) is 0 Å². The quantitative estimate of drug-likeness (QED) is 0.306. The number of aliphatic carboxylic acids is 1. The molecule has 8 nitrogen and oxygen atoms in total. The highest BCUT2D eigenvalue weighted by Crippen LogP contribution is 2.48. The molecule has 3 aromatic carbocycles.